The first-order valence-electron chi connectivity index (χ1n) is 8.79. The summed E-state index contributed by atoms with van der Waals surface area (Å²) in [7, 11) is 1.30. The second kappa shape index (κ2) is 7.87. The molecule has 1 aliphatic rings. The monoisotopic (exact) mass is 394 g/mol. The predicted octanol–water partition coefficient (Wildman–Crippen LogP) is 1.25. The van der Waals surface area contributed by atoms with Gasteiger partial charge in [0, 0.05) is 57.1 Å². The third-order valence-electron chi connectivity index (χ3n) is 5.05. The van der Waals surface area contributed by atoms with E-state index >= 15 is 0 Å². The highest BCUT2D eigenvalue weighted by atomic mass is 32.2. The topological polar surface area (TPSA) is 76.9 Å². The molecule has 2 aromatic rings. The molecule has 0 bridgehead atoms. The molecule has 3 rings (SSSR count). The number of methoxy groups -OCH3 is 2. The average molecular weight is 394 g/mol. The van der Waals surface area contributed by atoms with Gasteiger partial charge in [-0.2, -0.15) is 9.40 Å². The summed E-state index contributed by atoms with van der Waals surface area (Å²) >= 11 is 0. The summed E-state index contributed by atoms with van der Waals surface area (Å²) in [4.78, 5) is 2.42. The van der Waals surface area contributed by atoms with Gasteiger partial charge in [-0.1, -0.05) is 0 Å². The van der Waals surface area contributed by atoms with E-state index in [2.05, 4.69) is 10.00 Å². The van der Waals surface area contributed by atoms with E-state index in [1.807, 2.05) is 24.9 Å². The van der Waals surface area contributed by atoms with Gasteiger partial charge in [0.15, 0.2) is 0 Å². The smallest absolute Gasteiger partial charge is 0.246 e. The molecule has 2 heterocycles. The van der Waals surface area contributed by atoms with Gasteiger partial charge >= 0.3 is 0 Å². The second-order valence-electron chi connectivity index (χ2n) is 6.58. The summed E-state index contributed by atoms with van der Waals surface area (Å²) < 4.78 is 39.9. The summed E-state index contributed by atoms with van der Waals surface area (Å²) in [6, 6.07) is 4.77. The number of ether oxygens (including phenoxy) is 2. The molecule has 27 heavy (non-hydrogen) atoms. The number of aryl methyl sites for hydroxylation is 1. The summed E-state index contributed by atoms with van der Waals surface area (Å²) in [5.41, 5.74) is 2.30. The molecule has 148 valence electrons. The Bertz CT molecular complexity index is 902. The third kappa shape index (κ3) is 3.95. The van der Waals surface area contributed by atoms with Gasteiger partial charge in [0.2, 0.25) is 10.0 Å². The molecular formula is C18H26N4O4S. The van der Waals surface area contributed by atoms with Crippen molar-refractivity contribution in [2.45, 2.75) is 18.4 Å². The quantitative estimate of drug-likeness (QED) is 0.734. The lowest BCUT2D eigenvalue weighted by Gasteiger charge is -2.34. The molecule has 0 unspecified atom stereocenters. The molecule has 0 atom stereocenters. The van der Waals surface area contributed by atoms with Gasteiger partial charge in [0.05, 0.1) is 20.4 Å². The van der Waals surface area contributed by atoms with Crippen LogP contribution in [0.2, 0.25) is 0 Å². The van der Waals surface area contributed by atoms with E-state index in [-0.39, 0.29) is 4.90 Å². The molecule has 0 aliphatic carbocycles. The largest absolute Gasteiger partial charge is 0.497 e. The lowest BCUT2D eigenvalue weighted by molar-refractivity contribution is 0.181. The van der Waals surface area contributed by atoms with Crippen LogP contribution in [0.25, 0.3) is 0 Å². The van der Waals surface area contributed by atoms with Gasteiger partial charge in [-0.15, -0.1) is 0 Å². The minimum absolute atomic E-state index is 0.169. The van der Waals surface area contributed by atoms with Crippen LogP contribution in [0.1, 0.15) is 11.3 Å². The SMILES string of the molecule is COc1ccc(S(=O)(=O)N2CCN(Cc3cnn(C)c3C)CC2)c(OC)c1. The Kier molecular flexibility index (Phi) is 5.73. The third-order valence-corrected chi connectivity index (χ3v) is 6.99. The van der Waals surface area contributed by atoms with Crippen LogP contribution in [-0.4, -0.2) is 67.8 Å². The maximum Gasteiger partial charge on any atom is 0.246 e. The first-order valence-corrected chi connectivity index (χ1v) is 10.2. The van der Waals surface area contributed by atoms with Crippen molar-refractivity contribution in [2.75, 3.05) is 40.4 Å². The van der Waals surface area contributed by atoms with Crippen LogP contribution in [0.15, 0.2) is 29.3 Å². The second-order valence-corrected chi connectivity index (χ2v) is 8.48. The molecule has 0 amide bonds. The van der Waals surface area contributed by atoms with E-state index < -0.39 is 10.0 Å². The number of nitrogens with zero attached hydrogens (tertiary/aromatic N) is 4. The number of aromatic nitrogens is 2. The maximum atomic E-state index is 13.1. The van der Waals surface area contributed by atoms with Crippen molar-refractivity contribution in [2.24, 2.45) is 7.05 Å². The van der Waals surface area contributed by atoms with E-state index in [0.29, 0.717) is 37.7 Å². The van der Waals surface area contributed by atoms with E-state index in [1.165, 1.54) is 24.1 Å². The number of hydrogen-bond donors (Lipinski definition) is 0. The highest BCUT2D eigenvalue weighted by molar-refractivity contribution is 7.89. The minimum atomic E-state index is -3.62. The van der Waals surface area contributed by atoms with Gasteiger partial charge in [-0.3, -0.25) is 9.58 Å². The number of sulfonamides is 1. The highest BCUT2D eigenvalue weighted by Gasteiger charge is 2.31. The first kappa shape index (κ1) is 19.7. The predicted molar refractivity (Wildman–Crippen MR) is 102 cm³/mol. The molecule has 1 saturated heterocycles. The molecule has 1 aliphatic heterocycles. The molecule has 0 N–H and O–H groups in total. The Morgan fingerprint density at radius 1 is 1.11 bits per heavy atom. The zero-order valence-electron chi connectivity index (χ0n) is 16.2. The zero-order chi connectivity index (χ0) is 19.6. The number of piperazine rings is 1. The van der Waals surface area contributed by atoms with Crippen molar-refractivity contribution in [1.82, 2.24) is 19.0 Å². The molecule has 0 saturated carbocycles. The molecule has 1 aromatic heterocycles. The Labute approximate surface area is 160 Å². The fraction of sp³-hybridized carbons (Fsp3) is 0.500. The highest BCUT2D eigenvalue weighted by Crippen LogP contribution is 2.31. The summed E-state index contributed by atoms with van der Waals surface area (Å²) in [6.45, 7) is 5.05. The van der Waals surface area contributed by atoms with Gasteiger partial charge in [0.25, 0.3) is 0 Å². The van der Waals surface area contributed by atoms with Crippen molar-refractivity contribution in [3.8, 4) is 11.5 Å². The van der Waals surface area contributed by atoms with E-state index in [9.17, 15) is 8.42 Å². The fourth-order valence-corrected chi connectivity index (χ4v) is 4.75. The van der Waals surface area contributed by atoms with E-state index in [1.54, 1.807) is 18.2 Å². The normalized spacial score (nSPS) is 16.4. The average Bonchev–Trinajstić information content (AvgIpc) is 3.00. The van der Waals surface area contributed by atoms with Crippen LogP contribution in [0, 0.1) is 6.92 Å². The van der Waals surface area contributed by atoms with E-state index in [0.717, 1.165) is 12.2 Å². The van der Waals surface area contributed by atoms with Crippen LogP contribution in [0.5, 0.6) is 11.5 Å². The maximum absolute atomic E-state index is 13.1. The van der Waals surface area contributed by atoms with Crippen molar-refractivity contribution >= 4 is 10.0 Å². The molecule has 0 radical (unpaired) electrons. The van der Waals surface area contributed by atoms with Crippen LogP contribution in [0.3, 0.4) is 0 Å². The number of hydrogen-bond acceptors (Lipinski definition) is 6. The van der Waals surface area contributed by atoms with Crippen LogP contribution >= 0.6 is 0 Å². The Balaban J connectivity index is 1.70. The Morgan fingerprint density at radius 2 is 1.81 bits per heavy atom. The van der Waals surface area contributed by atoms with Crippen molar-refractivity contribution in [1.29, 1.82) is 0 Å². The van der Waals surface area contributed by atoms with Gasteiger partial charge in [0.1, 0.15) is 16.4 Å². The lowest BCUT2D eigenvalue weighted by atomic mass is 10.2. The molecule has 0 spiro atoms. The molecular weight excluding hydrogens is 368 g/mol. The Hall–Kier alpha value is -2.10. The molecule has 8 nitrogen and oxygen atoms in total. The first-order chi connectivity index (χ1) is 12.9. The van der Waals surface area contributed by atoms with Crippen molar-refractivity contribution in [3.05, 3.63) is 35.7 Å². The zero-order valence-corrected chi connectivity index (χ0v) is 17.0. The summed E-state index contributed by atoms with van der Waals surface area (Å²) in [6.07, 6.45) is 1.88. The fourth-order valence-electron chi connectivity index (χ4n) is 3.20. The van der Waals surface area contributed by atoms with Gasteiger partial charge in [-0.25, -0.2) is 8.42 Å². The molecule has 1 aromatic carbocycles. The number of benzene rings is 1. The Morgan fingerprint density at radius 3 is 2.37 bits per heavy atom. The van der Waals surface area contributed by atoms with E-state index in [4.69, 9.17) is 9.47 Å². The van der Waals surface area contributed by atoms with Crippen molar-refractivity contribution in [3.63, 3.8) is 0 Å². The van der Waals surface area contributed by atoms with Crippen LogP contribution < -0.4 is 9.47 Å². The lowest BCUT2D eigenvalue weighted by Crippen LogP contribution is -2.48. The summed E-state index contributed by atoms with van der Waals surface area (Å²) in [5.74, 6) is 0.852. The van der Waals surface area contributed by atoms with Crippen LogP contribution in [0.4, 0.5) is 0 Å². The minimum Gasteiger partial charge on any atom is -0.497 e. The summed E-state index contributed by atoms with van der Waals surface area (Å²) in [5, 5.41) is 4.27. The standard InChI is InChI=1S/C18H26N4O4S/c1-14-15(12-19-20(14)2)13-21-7-9-22(10-8-21)27(23,24)18-6-5-16(25-3)11-17(18)26-4/h5-6,11-12H,7-10,13H2,1-4H3. The number of rotatable bonds is 6. The molecule has 1 fully saturated rings. The van der Waals surface area contributed by atoms with Gasteiger partial charge in [-0.05, 0) is 19.1 Å². The van der Waals surface area contributed by atoms with Crippen LogP contribution in [-0.2, 0) is 23.6 Å². The van der Waals surface area contributed by atoms with Gasteiger partial charge < -0.3 is 9.47 Å². The van der Waals surface area contributed by atoms with Crippen molar-refractivity contribution < 1.29 is 17.9 Å². The molecule has 9 heteroatoms.